The number of rotatable bonds is 2. The Hall–Kier alpha value is -1.96. The normalized spacial score (nSPS) is 9.93. The summed E-state index contributed by atoms with van der Waals surface area (Å²) in [6, 6.07) is 15.3. The third kappa shape index (κ3) is 1.94. The summed E-state index contributed by atoms with van der Waals surface area (Å²) in [5.41, 5.74) is 2.91. The smallest absolute Gasteiger partial charge is 0.123 e. The summed E-state index contributed by atoms with van der Waals surface area (Å²) >= 11 is 0. The maximum Gasteiger partial charge on any atom is 0.123 e. The first-order valence-electron chi connectivity index (χ1n) is 4.87. The van der Waals surface area contributed by atoms with Crippen LogP contribution >= 0.6 is 0 Å². The van der Waals surface area contributed by atoms with Crippen molar-refractivity contribution in [1.82, 2.24) is 0 Å². The molecule has 0 bridgehead atoms. The van der Waals surface area contributed by atoms with Crippen molar-refractivity contribution < 1.29 is 5.11 Å². The Bertz CT molecular complexity index is 466. The van der Waals surface area contributed by atoms with Crippen molar-refractivity contribution in [2.24, 2.45) is 0 Å². The second-order valence-electron chi connectivity index (χ2n) is 3.35. The Balaban J connectivity index is 2.49. The quantitative estimate of drug-likeness (QED) is 0.779. The van der Waals surface area contributed by atoms with Gasteiger partial charge in [0.05, 0.1) is 0 Å². The van der Waals surface area contributed by atoms with Gasteiger partial charge >= 0.3 is 0 Å². The zero-order valence-electron chi connectivity index (χ0n) is 8.57. The van der Waals surface area contributed by atoms with Crippen molar-refractivity contribution in [2.45, 2.75) is 0 Å². The highest BCUT2D eigenvalue weighted by molar-refractivity contribution is 5.72. The lowest BCUT2D eigenvalue weighted by Gasteiger charge is -2.06. The van der Waals surface area contributed by atoms with Crippen LogP contribution < -0.4 is 5.32 Å². The average molecular weight is 199 g/mol. The van der Waals surface area contributed by atoms with Crippen molar-refractivity contribution in [3.8, 4) is 16.9 Å². The van der Waals surface area contributed by atoms with Crippen LogP contribution in [0.3, 0.4) is 0 Å². The van der Waals surface area contributed by atoms with E-state index >= 15 is 0 Å². The van der Waals surface area contributed by atoms with E-state index in [0.29, 0.717) is 5.75 Å². The van der Waals surface area contributed by atoms with E-state index in [-0.39, 0.29) is 0 Å². The molecule has 0 fully saturated rings. The minimum atomic E-state index is 0.311. The van der Waals surface area contributed by atoms with Crippen LogP contribution in [-0.2, 0) is 0 Å². The number of hydrogen-bond donors (Lipinski definition) is 2. The molecule has 0 aliphatic carbocycles. The first kappa shape index (κ1) is 9.59. The van der Waals surface area contributed by atoms with Crippen LogP contribution in [0.15, 0.2) is 48.5 Å². The Morgan fingerprint density at radius 2 is 1.80 bits per heavy atom. The van der Waals surface area contributed by atoms with E-state index in [2.05, 4.69) is 5.32 Å². The molecule has 0 aromatic heterocycles. The third-order valence-corrected chi connectivity index (χ3v) is 2.37. The van der Waals surface area contributed by atoms with Crippen molar-refractivity contribution in [3.05, 3.63) is 48.5 Å². The molecule has 0 atom stereocenters. The molecule has 0 amide bonds. The van der Waals surface area contributed by atoms with Crippen LogP contribution in [0.4, 0.5) is 5.69 Å². The minimum absolute atomic E-state index is 0.311. The number of benzene rings is 2. The van der Waals surface area contributed by atoms with Crippen molar-refractivity contribution in [1.29, 1.82) is 0 Å². The van der Waals surface area contributed by atoms with Gasteiger partial charge < -0.3 is 10.4 Å². The molecule has 2 heteroatoms. The van der Waals surface area contributed by atoms with Gasteiger partial charge in [-0.05, 0) is 23.8 Å². The molecule has 76 valence electrons. The van der Waals surface area contributed by atoms with Gasteiger partial charge in [0, 0.05) is 18.3 Å². The van der Waals surface area contributed by atoms with Crippen LogP contribution in [0, 0.1) is 0 Å². The van der Waals surface area contributed by atoms with Crippen LogP contribution in [0.2, 0.25) is 0 Å². The zero-order valence-corrected chi connectivity index (χ0v) is 8.57. The van der Waals surface area contributed by atoms with E-state index in [4.69, 9.17) is 0 Å². The van der Waals surface area contributed by atoms with Crippen molar-refractivity contribution in [2.75, 3.05) is 12.4 Å². The first-order valence-corrected chi connectivity index (χ1v) is 4.87. The van der Waals surface area contributed by atoms with Crippen LogP contribution in [0.1, 0.15) is 0 Å². The first-order chi connectivity index (χ1) is 7.31. The molecule has 0 aliphatic rings. The summed E-state index contributed by atoms with van der Waals surface area (Å²) in [5.74, 6) is 0.311. The zero-order chi connectivity index (χ0) is 10.7. The number of nitrogens with one attached hydrogen (secondary N) is 1. The summed E-state index contributed by atoms with van der Waals surface area (Å²) in [6.07, 6.45) is 0. The molecule has 2 N–H and O–H groups in total. The van der Waals surface area contributed by atoms with Gasteiger partial charge in [-0.3, -0.25) is 0 Å². The molecule has 0 radical (unpaired) electrons. The fourth-order valence-electron chi connectivity index (χ4n) is 1.56. The van der Waals surface area contributed by atoms with Crippen LogP contribution in [-0.4, -0.2) is 12.2 Å². The summed E-state index contributed by atoms with van der Waals surface area (Å²) in [6.45, 7) is 0. The predicted molar refractivity (Wildman–Crippen MR) is 63.1 cm³/mol. The lowest BCUT2D eigenvalue weighted by Crippen LogP contribution is -1.87. The highest BCUT2D eigenvalue weighted by atomic mass is 16.3. The van der Waals surface area contributed by atoms with E-state index in [9.17, 15) is 5.11 Å². The Morgan fingerprint density at radius 1 is 1.00 bits per heavy atom. The van der Waals surface area contributed by atoms with Gasteiger partial charge in [-0.15, -0.1) is 0 Å². The minimum Gasteiger partial charge on any atom is -0.507 e. The number of hydrogen-bond acceptors (Lipinski definition) is 2. The van der Waals surface area contributed by atoms with Crippen molar-refractivity contribution >= 4 is 5.69 Å². The summed E-state index contributed by atoms with van der Waals surface area (Å²) in [5, 5.41) is 12.8. The largest absolute Gasteiger partial charge is 0.507 e. The second kappa shape index (κ2) is 4.05. The summed E-state index contributed by atoms with van der Waals surface area (Å²) in [4.78, 5) is 0. The lowest BCUT2D eigenvalue weighted by atomic mass is 10.0. The van der Waals surface area contributed by atoms with Gasteiger partial charge in [-0.25, -0.2) is 0 Å². The van der Waals surface area contributed by atoms with Gasteiger partial charge in [0.1, 0.15) is 5.75 Å². The highest BCUT2D eigenvalue weighted by Gasteiger charge is 2.02. The number of aromatic hydroxyl groups is 1. The maximum absolute atomic E-state index is 9.71. The molecule has 0 saturated heterocycles. The van der Waals surface area contributed by atoms with E-state index in [1.165, 1.54) is 0 Å². The standard InChI is InChI=1S/C13H13NO/c1-14-11-6-4-5-10(9-11)12-7-2-3-8-13(12)15/h2-9,14-15H,1H3. The molecule has 2 nitrogen and oxygen atoms in total. The van der Waals surface area contributed by atoms with Gasteiger partial charge in [0.15, 0.2) is 0 Å². The molecule has 2 rings (SSSR count). The number of phenols is 1. The topological polar surface area (TPSA) is 32.3 Å². The second-order valence-corrected chi connectivity index (χ2v) is 3.35. The van der Waals surface area contributed by atoms with E-state index in [1.54, 1.807) is 6.07 Å². The summed E-state index contributed by atoms with van der Waals surface area (Å²) < 4.78 is 0. The SMILES string of the molecule is CNc1cccc(-c2ccccc2O)c1. The third-order valence-electron chi connectivity index (χ3n) is 2.37. The Labute approximate surface area is 89.2 Å². The van der Waals surface area contributed by atoms with Crippen LogP contribution in [0.5, 0.6) is 5.75 Å². The molecule has 0 saturated carbocycles. The fraction of sp³-hybridized carbons (Fsp3) is 0.0769. The van der Waals surface area contributed by atoms with E-state index in [1.807, 2.05) is 49.5 Å². The molecular formula is C13H13NO. The predicted octanol–water partition coefficient (Wildman–Crippen LogP) is 3.10. The number of anilines is 1. The van der Waals surface area contributed by atoms with E-state index < -0.39 is 0 Å². The average Bonchev–Trinajstić information content (AvgIpc) is 2.30. The molecule has 2 aromatic carbocycles. The molecular weight excluding hydrogens is 186 g/mol. The molecule has 15 heavy (non-hydrogen) atoms. The molecule has 0 spiro atoms. The van der Waals surface area contributed by atoms with Gasteiger partial charge in [0.25, 0.3) is 0 Å². The van der Waals surface area contributed by atoms with E-state index in [0.717, 1.165) is 16.8 Å². The lowest BCUT2D eigenvalue weighted by molar-refractivity contribution is 0.477. The molecule has 0 unspecified atom stereocenters. The Morgan fingerprint density at radius 3 is 2.53 bits per heavy atom. The fourth-order valence-corrected chi connectivity index (χ4v) is 1.56. The summed E-state index contributed by atoms with van der Waals surface area (Å²) in [7, 11) is 1.88. The Kier molecular flexibility index (Phi) is 2.59. The van der Waals surface area contributed by atoms with Crippen LogP contribution in [0.25, 0.3) is 11.1 Å². The molecule has 0 aliphatic heterocycles. The van der Waals surface area contributed by atoms with Crippen molar-refractivity contribution in [3.63, 3.8) is 0 Å². The van der Waals surface area contributed by atoms with Gasteiger partial charge in [-0.2, -0.15) is 0 Å². The maximum atomic E-state index is 9.71. The number of phenolic OH excluding ortho intramolecular Hbond substituents is 1. The molecule has 0 heterocycles. The van der Waals surface area contributed by atoms with Gasteiger partial charge in [-0.1, -0.05) is 30.3 Å². The highest BCUT2D eigenvalue weighted by Crippen LogP contribution is 2.29. The molecule has 2 aromatic rings. The number of para-hydroxylation sites is 1. The monoisotopic (exact) mass is 199 g/mol. The van der Waals surface area contributed by atoms with Gasteiger partial charge in [0.2, 0.25) is 0 Å².